The second kappa shape index (κ2) is 10.5. The lowest BCUT2D eigenvalue weighted by molar-refractivity contribution is -0.129. The average molecular weight is 443 g/mol. The van der Waals surface area contributed by atoms with Crippen LogP contribution in [-0.2, 0) is 9.53 Å². The SMILES string of the molecule is CCOc1cc(C=C2N=C(c3ccccc3)OC2=O)ccc1OCCOc1ccc(C)cc1. The van der Waals surface area contributed by atoms with Gasteiger partial charge in [0, 0.05) is 5.56 Å². The predicted molar refractivity (Wildman–Crippen MR) is 127 cm³/mol. The van der Waals surface area contributed by atoms with Crippen LogP contribution in [0.5, 0.6) is 17.2 Å². The first-order chi connectivity index (χ1) is 16.1. The molecule has 3 aromatic carbocycles. The van der Waals surface area contributed by atoms with E-state index in [1.54, 1.807) is 6.08 Å². The first-order valence-corrected chi connectivity index (χ1v) is 10.8. The van der Waals surface area contributed by atoms with Crippen LogP contribution in [0.3, 0.4) is 0 Å². The molecular formula is C27H25NO5. The summed E-state index contributed by atoms with van der Waals surface area (Å²) in [6.07, 6.45) is 1.67. The summed E-state index contributed by atoms with van der Waals surface area (Å²) in [6, 6.07) is 22.7. The van der Waals surface area contributed by atoms with E-state index in [1.807, 2.05) is 86.6 Å². The van der Waals surface area contributed by atoms with Gasteiger partial charge >= 0.3 is 5.97 Å². The third kappa shape index (κ3) is 5.80. The quantitative estimate of drug-likeness (QED) is 0.258. The van der Waals surface area contributed by atoms with E-state index in [-0.39, 0.29) is 5.70 Å². The number of nitrogens with zero attached hydrogens (tertiary/aromatic N) is 1. The van der Waals surface area contributed by atoms with Crippen LogP contribution in [0.15, 0.2) is 83.5 Å². The summed E-state index contributed by atoms with van der Waals surface area (Å²) in [5.74, 6) is 1.80. The number of aryl methyl sites for hydroxylation is 1. The van der Waals surface area contributed by atoms with E-state index in [1.165, 1.54) is 5.56 Å². The normalized spacial score (nSPS) is 14.1. The van der Waals surface area contributed by atoms with Crippen molar-refractivity contribution in [2.75, 3.05) is 19.8 Å². The average Bonchev–Trinajstić information content (AvgIpc) is 3.20. The summed E-state index contributed by atoms with van der Waals surface area (Å²) in [5.41, 5.74) is 2.92. The zero-order valence-corrected chi connectivity index (χ0v) is 18.6. The second-order valence-electron chi connectivity index (χ2n) is 7.35. The van der Waals surface area contributed by atoms with Crippen LogP contribution < -0.4 is 14.2 Å². The van der Waals surface area contributed by atoms with Gasteiger partial charge in [-0.15, -0.1) is 0 Å². The Kier molecular flexibility index (Phi) is 7.05. The molecule has 0 fully saturated rings. The molecule has 4 rings (SSSR count). The summed E-state index contributed by atoms with van der Waals surface area (Å²) in [6.45, 7) is 5.19. The van der Waals surface area contributed by atoms with Crippen molar-refractivity contribution in [1.82, 2.24) is 0 Å². The number of ether oxygens (including phenoxy) is 4. The topological polar surface area (TPSA) is 66.4 Å². The van der Waals surface area contributed by atoms with Gasteiger partial charge < -0.3 is 18.9 Å². The third-order valence-electron chi connectivity index (χ3n) is 4.84. The van der Waals surface area contributed by atoms with Crippen LogP contribution in [0.2, 0.25) is 0 Å². The van der Waals surface area contributed by atoms with Crippen molar-refractivity contribution in [3.8, 4) is 17.2 Å². The molecule has 0 saturated carbocycles. The maximum Gasteiger partial charge on any atom is 0.363 e. The van der Waals surface area contributed by atoms with Crippen molar-refractivity contribution >= 4 is 17.9 Å². The van der Waals surface area contributed by atoms with Gasteiger partial charge in [0.2, 0.25) is 5.90 Å². The zero-order valence-electron chi connectivity index (χ0n) is 18.6. The van der Waals surface area contributed by atoms with E-state index in [0.29, 0.717) is 37.2 Å². The van der Waals surface area contributed by atoms with E-state index in [9.17, 15) is 4.79 Å². The number of hydrogen-bond acceptors (Lipinski definition) is 6. The van der Waals surface area contributed by atoms with Gasteiger partial charge in [0.1, 0.15) is 19.0 Å². The summed E-state index contributed by atoms with van der Waals surface area (Å²) in [4.78, 5) is 16.6. The minimum absolute atomic E-state index is 0.233. The van der Waals surface area contributed by atoms with Crippen LogP contribution in [0.1, 0.15) is 23.6 Å². The van der Waals surface area contributed by atoms with Crippen LogP contribution in [0.25, 0.3) is 6.08 Å². The molecule has 1 aliphatic heterocycles. The number of carbonyl (C=O) groups excluding carboxylic acids is 1. The van der Waals surface area contributed by atoms with Gasteiger partial charge in [0.15, 0.2) is 17.2 Å². The number of carbonyl (C=O) groups is 1. The summed E-state index contributed by atoms with van der Waals surface area (Å²) >= 11 is 0. The number of esters is 1. The Hall–Kier alpha value is -4.06. The molecule has 0 amide bonds. The lowest BCUT2D eigenvalue weighted by Crippen LogP contribution is -2.10. The summed E-state index contributed by atoms with van der Waals surface area (Å²) in [7, 11) is 0. The van der Waals surface area contributed by atoms with E-state index in [0.717, 1.165) is 16.9 Å². The number of aliphatic imine (C=N–C) groups is 1. The molecule has 33 heavy (non-hydrogen) atoms. The minimum atomic E-state index is -0.486. The molecule has 0 N–H and O–H groups in total. The van der Waals surface area contributed by atoms with Crippen molar-refractivity contribution < 1.29 is 23.7 Å². The molecular weight excluding hydrogens is 418 g/mol. The van der Waals surface area contributed by atoms with Crippen molar-refractivity contribution in [2.45, 2.75) is 13.8 Å². The molecule has 1 aliphatic rings. The second-order valence-corrected chi connectivity index (χ2v) is 7.35. The Balaban J connectivity index is 1.43. The highest BCUT2D eigenvalue weighted by Gasteiger charge is 2.24. The molecule has 0 bridgehead atoms. The van der Waals surface area contributed by atoms with Crippen molar-refractivity contribution in [3.05, 3.63) is 95.2 Å². The van der Waals surface area contributed by atoms with Gasteiger partial charge in [-0.1, -0.05) is 42.0 Å². The van der Waals surface area contributed by atoms with Gasteiger partial charge in [0.25, 0.3) is 0 Å². The molecule has 0 atom stereocenters. The Morgan fingerprint density at radius 3 is 2.39 bits per heavy atom. The van der Waals surface area contributed by atoms with E-state index in [4.69, 9.17) is 18.9 Å². The van der Waals surface area contributed by atoms with Crippen molar-refractivity contribution in [3.63, 3.8) is 0 Å². The molecule has 1 heterocycles. The Morgan fingerprint density at radius 1 is 0.879 bits per heavy atom. The van der Waals surface area contributed by atoms with Crippen LogP contribution in [0.4, 0.5) is 0 Å². The Labute approximate surface area is 193 Å². The molecule has 6 heteroatoms. The fourth-order valence-electron chi connectivity index (χ4n) is 3.22. The molecule has 0 spiro atoms. The molecule has 0 radical (unpaired) electrons. The highest BCUT2D eigenvalue weighted by Crippen LogP contribution is 2.30. The Bertz CT molecular complexity index is 1170. The Morgan fingerprint density at radius 2 is 1.64 bits per heavy atom. The minimum Gasteiger partial charge on any atom is -0.490 e. The van der Waals surface area contributed by atoms with Crippen molar-refractivity contribution in [2.24, 2.45) is 4.99 Å². The fraction of sp³-hybridized carbons (Fsp3) is 0.185. The third-order valence-corrected chi connectivity index (χ3v) is 4.84. The highest BCUT2D eigenvalue weighted by atomic mass is 16.6. The molecule has 0 saturated heterocycles. The number of rotatable bonds is 9. The number of benzene rings is 3. The maximum atomic E-state index is 12.3. The maximum absolute atomic E-state index is 12.3. The lowest BCUT2D eigenvalue weighted by atomic mass is 10.1. The number of hydrogen-bond donors (Lipinski definition) is 0. The monoisotopic (exact) mass is 443 g/mol. The first-order valence-electron chi connectivity index (χ1n) is 10.8. The van der Waals surface area contributed by atoms with Crippen LogP contribution in [-0.4, -0.2) is 31.7 Å². The summed E-state index contributed by atoms with van der Waals surface area (Å²) in [5, 5.41) is 0. The zero-order chi connectivity index (χ0) is 23.0. The number of cyclic esters (lactones) is 1. The van der Waals surface area contributed by atoms with E-state index in [2.05, 4.69) is 4.99 Å². The van der Waals surface area contributed by atoms with Crippen LogP contribution in [0, 0.1) is 6.92 Å². The standard InChI is InChI=1S/C27H25NO5/c1-3-30-25-18-20(17-23-27(29)33-26(28-23)21-7-5-4-6-8-21)11-14-24(25)32-16-15-31-22-12-9-19(2)10-13-22/h4-14,17-18H,3,15-16H2,1-2H3. The molecule has 3 aromatic rings. The highest BCUT2D eigenvalue weighted by molar-refractivity contribution is 6.12. The van der Waals surface area contributed by atoms with Gasteiger partial charge in [-0.2, -0.15) is 0 Å². The fourth-order valence-corrected chi connectivity index (χ4v) is 3.22. The molecule has 0 aliphatic carbocycles. The van der Waals surface area contributed by atoms with Gasteiger partial charge in [-0.3, -0.25) is 0 Å². The van der Waals surface area contributed by atoms with Gasteiger partial charge in [-0.05, 0) is 61.9 Å². The predicted octanol–water partition coefficient (Wildman–Crippen LogP) is 5.20. The molecule has 168 valence electrons. The van der Waals surface area contributed by atoms with E-state index >= 15 is 0 Å². The smallest absolute Gasteiger partial charge is 0.363 e. The van der Waals surface area contributed by atoms with Gasteiger partial charge in [0.05, 0.1) is 6.61 Å². The molecule has 0 unspecified atom stereocenters. The first kappa shape index (κ1) is 22.1. The lowest BCUT2D eigenvalue weighted by Gasteiger charge is -2.13. The van der Waals surface area contributed by atoms with E-state index < -0.39 is 5.97 Å². The largest absolute Gasteiger partial charge is 0.490 e. The van der Waals surface area contributed by atoms with Crippen molar-refractivity contribution in [1.29, 1.82) is 0 Å². The molecule has 0 aromatic heterocycles. The van der Waals surface area contributed by atoms with Crippen LogP contribution >= 0.6 is 0 Å². The molecule has 6 nitrogen and oxygen atoms in total. The summed E-state index contributed by atoms with van der Waals surface area (Å²) < 4.78 is 22.6. The van der Waals surface area contributed by atoms with Gasteiger partial charge in [-0.25, -0.2) is 9.79 Å².